The molecule has 3 rings (SSSR count). The van der Waals surface area contributed by atoms with E-state index in [0.29, 0.717) is 12.2 Å². The first kappa shape index (κ1) is 14.6. The lowest BCUT2D eigenvalue weighted by Gasteiger charge is -2.36. The highest BCUT2D eigenvalue weighted by atomic mass is 16.2. The molecule has 1 aliphatic rings. The third-order valence-electron chi connectivity index (χ3n) is 4.19. The van der Waals surface area contributed by atoms with Gasteiger partial charge in [0.25, 0.3) is 0 Å². The van der Waals surface area contributed by atoms with Crippen LogP contribution in [0.2, 0.25) is 0 Å². The SMILES string of the molecule is CNC(=O)[C@@]1(c2cnccn2)CCCN1Cc1cccnc1. The van der Waals surface area contributed by atoms with Crippen LogP contribution in [-0.4, -0.2) is 39.4 Å². The van der Waals surface area contributed by atoms with Gasteiger partial charge in [-0.1, -0.05) is 6.07 Å². The van der Waals surface area contributed by atoms with Crippen LogP contribution in [0, 0.1) is 0 Å². The summed E-state index contributed by atoms with van der Waals surface area (Å²) in [5.41, 5.74) is 1.04. The molecule has 0 bridgehead atoms. The van der Waals surface area contributed by atoms with Gasteiger partial charge in [0.15, 0.2) is 0 Å². The number of pyridine rings is 1. The molecule has 1 fully saturated rings. The molecule has 0 spiro atoms. The number of carbonyl (C=O) groups excluding carboxylic acids is 1. The van der Waals surface area contributed by atoms with Crippen molar-refractivity contribution in [1.29, 1.82) is 0 Å². The van der Waals surface area contributed by atoms with Crippen LogP contribution in [0.25, 0.3) is 0 Å². The zero-order chi connectivity index (χ0) is 15.4. The number of carbonyl (C=O) groups is 1. The molecule has 1 amide bonds. The minimum atomic E-state index is -0.751. The van der Waals surface area contributed by atoms with Gasteiger partial charge in [-0.25, -0.2) is 0 Å². The van der Waals surface area contributed by atoms with E-state index < -0.39 is 5.54 Å². The Morgan fingerprint density at radius 3 is 2.86 bits per heavy atom. The van der Waals surface area contributed by atoms with Crippen molar-refractivity contribution in [2.75, 3.05) is 13.6 Å². The van der Waals surface area contributed by atoms with E-state index in [1.807, 2.05) is 18.3 Å². The molecule has 0 unspecified atom stereocenters. The summed E-state index contributed by atoms with van der Waals surface area (Å²) >= 11 is 0. The molecule has 1 atom stereocenters. The average molecular weight is 297 g/mol. The van der Waals surface area contributed by atoms with Crippen molar-refractivity contribution < 1.29 is 4.79 Å². The summed E-state index contributed by atoms with van der Waals surface area (Å²) in [5.74, 6) is -0.0330. The van der Waals surface area contributed by atoms with Crippen LogP contribution in [0.4, 0.5) is 0 Å². The van der Waals surface area contributed by atoms with Crippen molar-refractivity contribution >= 4 is 5.91 Å². The summed E-state index contributed by atoms with van der Waals surface area (Å²) in [6, 6.07) is 3.94. The molecule has 0 radical (unpaired) electrons. The molecule has 6 nitrogen and oxygen atoms in total. The fourth-order valence-electron chi connectivity index (χ4n) is 3.18. The molecule has 6 heteroatoms. The number of aromatic nitrogens is 3. The van der Waals surface area contributed by atoms with E-state index in [2.05, 4.69) is 25.2 Å². The lowest BCUT2D eigenvalue weighted by Crippen LogP contribution is -2.52. The molecular weight excluding hydrogens is 278 g/mol. The van der Waals surface area contributed by atoms with E-state index >= 15 is 0 Å². The molecular formula is C16H19N5O. The van der Waals surface area contributed by atoms with Crippen molar-refractivity contribution in [3.05, 3.63) is 54.4 Å². The Balaban J connectivity index is 1.99. The van der Waals surface area contributed by atoms with E-state index in [1.165, 1.54) is 0 Å². The molecule has 3 heterocycles. The lowest BCUT2D eigenvalue weighted by atomic mass is 9.90. The van der Waals surface area contributed by atoms with E-state index in [9.17, 15) is 4.79 Å². The Hall–Kier alpha value is -2.34. The average Bonchev–Trinajstić information content (AvgIpc) is 3.00. The number of hydrogen-bond donors (Lipinski definition) is 1. The molecule has 2 aromatic heterocycles. The maximum absolute atomic E-state index is 12.7. The van der Waals surface area contributed by atoms with E-state index in [-0.39, 0.29) is 5.91 Å². The molecule has 2 aromatic rings. The van der Waals surface area contributed by atoms with Crippen molar-refractivity contribution in [3.8, 4) is 0 Å². The minimum absolute atomic E-state index is 0.0330. The zero-order valence-electron chi connectivity index (χ0n) is 12.6. The lowest BCUT2D eigenvalue weighted by molar-refractivity contribution is -0.132. The van der Waals surface area contributed by atoms with Gasteiger partial charge >= 0.3 is 0 Å². The minimum Gasteiger partial charge on any atom is -0.357 e. The Labute approximate surface area is 129 Å². The number of nitrogens with one attached hydrogen (secondary N) is 1. The van der Waals surface area contributed by atoms with Crippen LogP contribution in [-0.2, 0) is 16.9 Å². The van der Waals surface area contributed by atoms with Crippen molar-refractivity contribution in [2.24, 2.45) is 0 Å². The first-order chi connectivity index (χ1) is 10.8. The van der Waals surface area contributed by atoms with Gasteiger partial charge in [0.1, 0.15) is 5.54 Å². The highest BCUT2D eigenvalue weighted by Gasteiger charge is 2.49. The molecule has 1 N–H and O–H groups in total. The summed E-state index contributed by atoms with van der Waals surface area (Å²) in [5, 5.41) is 2.80. The first-order valence-electron chi connectivity index (χ1n) is 7.40. The molecule has 1 aliphatic heterocycles. The number of amides is 1. The van der Waals surface area contributed by atoms with Crippen LogP contribution in [0.3, 0.4) is 0 Å². The molecule has 22 heavy (non-hydrogen) atoms. The Bertz CT molecular complexity index is 633. The number of likely N-dealkylation sites (tertiary alicyclic amines) is 1. The highest BCUT2D eigenvalue weighted by Crippen LogP contribution is 2.38. The predicted molar refractivity (Wildman–Crippen MR) is 81.7 cm³/mol. The van der Waals surface area contributed by atoms with Crippen LogP contribution in [0.5, 0.6) is 0 Å². The van der Waals surface area contributed by atoms with Gasteiger partial charge in [-0.2, -0.15) is 0 Å². The maximum atomic E-state index is 12.7. The van der Waals surface area contributed by atoms with Gasteiger partial charge < -0.3 is 5.32 Å². The Morgan fingerprint density at radius 2 is 2.18 bits per heavy atom. The second-order valence-corrected chi connectivity index (χ2v) is 5.42. The van der Waals surface area contributed by atoms with Crippen molar-refractivity contribution in [1.82, 2.24) is 25.2 Å². The highest BCUT2D eigenvalue weighted by molar-refractivity contribution is 5.87. The topological polar surface area (TPSA) is 71.0 Å². The van der Waals surface area contributed by atoms with Crippen LogP contribution in [0.15, 0.2) is 43.1 Å². The Kier molecular flexibility index (Phi) is 4.11. The van der Waals surface area contributed by atoms with Gasteiger partial charge in [-0.15, -0.1) is 0 Å². The summed E-state index contributed by atoms with van der Waals surface area (Å²) in [6.07, 6.45) is 10.2. The maximum Gasteiger partial charge on any atom is 0.246 e. The summed E-state index contributed by atoms with van der Waals surface area (Å²) in [6.45, 7) is 1.51. The van der Waals surface area contributed by atoms with Gasteiger partial charge in [-0.3, -0.25) is 24.6 Å². The Morgan fingerprint density at radius 1 is 1.32 bits per heavy atom. The number of rotatable bonds is 4. The standard InChI is InChI=1S/C16H19N5O/c1-17-15(22)16(14-11-19-7-8-20-14)5-3-9-21(16)12-13-4-2-6-18-10-13/h2,4,6-8,10-11H,3,5,9,12H2,1H3,(H,17,22)/t16-/m0/s1. The third kappa shape index (κ3) is 2.46. The van der Waals surface area contributed by atoms with Crippen LogP contribution >= 0.6 is 0 Å². The monoisotopic (exact) mass is 297 g/mol. The molecule has 114 valence electrons. The summed E-state index contributed by atoms with van der Waals surface area (Å²) in [7, 11) is 1.67. The second kappa shape index (κ2) is 6.19. The fraction of sp³-hybridized carbons (Fsp3) is 0.375. The molecule has 0 aliphatic carbocycles. The van der Waals surface area contributed by atoms with Gasteiger partial charge in [0, 0.05) is 38.4 Å². The van der Waals surface area contributed by atoms with E-state index in [1.54, 1.807) is 31.8 Å². The third-order valence-corrected chi connectivity index (χ3v) is 4.19. The van der Waals surface area contributed by atoms with Crippen molar-refractivity contribution in [2.45, 2.75) is 24.9 Å². The van der Waals surface area contributed by atoms with E-state index in [4.69, 9.17) is 0 Å². The molecule has 1 saturated heterocycles. The van der Waals surface area contributed by atoms with Crippen LogP contribution < -0.4 is 5.32 Å². The molecule has 0 saturated carbocycles. The van der Waals surface area contributed by atoms with E-state index in [0.717, 1.165) is 24.9 Å². The normalized spacial score (nSPS) is 21.7. The summed E-state index contributed by atoms with van der Waals surface area (Å²) in [4.78, 5) is 27.6. The second-order valence-electron chi connectivity index (χ2n) is 5.42. The number of hydrogen-bond acceptors (Lipinski definition) is 5. The van der Waals surface area contributed by atoms with Crippen molar-refractivity contribution in [3.63, 3.8) is 0 Å². The first-order valence-corrected chi connectivity index (χ1v) is 7.40. The van der Waals surface area contributed by atoms with Gasteiger partial charge in [0.2, 0.25) is 5.91 Å². The number of nitrogens with zero attached hydrogens (tertiary/aromatic N) is 4. The fourth-order valence-corrected chi connectivity index (χ4v) is 3.18. The van der Waals surface area contributed by atoms with Crippen LogP contribution in [0.1, 0.15) is 24.1 Å². The quantitative estimate of drug-likeness (QED) is 0.915. The smallest absolute Gasteiger partial charge is 0.246 e. The largest absolute Gasteiger partial charge is 0.357 e. The predicted octanol–water partition coefficient (Wildman–Crippen LogP) is 1.11. The van der Waals surface area contributed by atoms with Gasteiger partial charge in [-0.05, 0) is 31.0 Å². The number of likely N-dealkylation sites (N-methyl/N-ethyl adjacent to an activating group) is 1. The van der Waals surface area contributed by atoms with Gasteiger partial charge in [0.05, 0.1) is 11.9 Å². The molecule has 0 aromatic carbocycles. The summed E-state index contributed by atoms with van der Waals surface area (Å²) < 4.78 is 0. The zero-order valence-corrected chi connectivity index (χ0v) is 12.6.